The Bertz CT molecular complexity index is 799. The van der Waals surface area contributed by atoms with Crippen molar-refractivity contribution in [1.29, 1.82) is 0 Å². The third kappa shape index (κ3) is 2.94. The molecule has 0 atom stereocenters. The molecule has 1 heterocycles. The van der Waals surface area contributed by atoms with E-state index in [0.717, 1.165) is 13.7 Å². The maximum atomic E-state index is 12.8. The second-order valence-corrected chi connectivity index (χ2v) is 6.52. The fourth-order valence-electron chi connectivity index (χ4n) is 2.06. The maximum absolute atomic E-state index is 12.8. The Morgan fingerprint density at radius 2 is 1.86 bits per heavy atom. The summed E-state index contributed by atoms with van der Waals surface area (Å²) < 4.78 is 3.47. The van der Waals surface area contributed by atoms with Gasteiger partial charge in [0.2, 0.25) is 5.78 Å². The zero-order valence-corrected chi connectivity index (χ0v) is 14.6. The fourth-order valence-corrected chi connectivity index (χ4v) is 2.98. The Balaban J connectivity index is 2.08. The molecule has 0 fully saturated rings. The van der Waals surface area contributed by atoms with Crippen LogP contribution in [0.4, 0.5) is 0 Å². The van der Waals surface area contributed by atoms with Crippen LogP contribution in [0.25, 0.3) is 5.69 Å². The van der Waals surface area contributed by atoms with E-state index in [4.69, 9.17) is 0 Å². The average Bonchev–Trinajstić information content (AvgIpc) is 2.99. The monoisotopic (exact) mass is 452 g/mol. The summed E-state index contributed by atoms with van der Waals surface area (Å²) in [6.45, 7) is 0. The summed E-state index contributed by atoms with van der Waals surface area (Å²) in [7, 11) is 0. The van der Waals surface area contributed by atoms with Gasteiger partial charge in [0, 0.05) is 13.6 Å². The Kier molecular flexibility index (Phi) is 4.21. The van der Waals surface area contributed by atoms with Gasteiger partial charge in [-0.25, -0.2) is 4.68 Å². The van der Waals surface area contributed by atoms with Crippen molar-refractivity contribution < 1.29 is 4.79 Å². The second-order valence-electron chi connectivity index (χ2n) is 4.42. The van der Waals surface area contributed by atoms with Crippen LogP contribution in [0.3, 0.4) is 0 Å². The zero-order valence-electron chi connectivity index (χ0n) is 10.8. The Labute approximate surface area is 144 Å². The maximum Gasteiger partial charge on any atom is 0.212 e. The van der Waals surface area contributed by atoms with E-state index in [9.17, 15) is 4.79 Å². The molecule has 21 heavy (non-hydrogen) atoms. The highest BCUT2D eigenvalue weighted by Crippen LogP contribution is 2.23. The Morgan fingerprint density at radius 1 is 1.10 bits per heavy atom. The van der Waals surface area contributed by atoms with E-state index in [-0.39, 0.29) is 5.78 Å². The third-order valence-electron chi connectivity index (χ3n) is 3.05. The molecule has 0 aliphatic carbocycles. The number of para-hydroxylation sites is 1. The lowest BCUT2D eigenvalue weighted by atomic mass is 10.1. The first-order chi connectivity index (χ1) is 10.2. The molecule has 0 saturated heterocycles. The van der Waals surface area contributed by atoms with E-state index in [1.807, 2.05) is 48.5 Å². The number of carbonyl (C=O) groups is 1. The summed E-state index contributed by atoms with van der Waals surface area (Å²) in [5.74, 6) is -0.0539. The molecule has 1 aromatic heterocycles. The number of rotatable bonds is 3. The van der Waals surface area contributed by atoms with Crippen LogP contribution < -0.4 is 0 Å². The van der Waals surface area contributed by atoms with Crippen molar-refractivity contribution in [3.63, 3.8) is 0 Å². The number of carbonyl (C=O) groups excluding carboxylic acids is 1. The topological polar surface area (TPSA) is 34.9 Å². The number of nitrogens with zero attached hydrogens (tertiary/aromatic N) is 2. The summed E-state index contributed by atoms with van der Waals surface area (Å²) in [6.07, 6.45) is 1.64. The highest BCUT2D eigenvalue weighted by Gasteiger charge is 2.18. The number of hydrogen-bond acceptors (Lipinski definition) is 2. The number of benzene rings is 2. The van der Waals surface area contributed by atoms with Crippen LogP contribution in [0.2, 0.25) is 0 Å². The first-order valence-electron chi connectivity index (χ1n) is 6.26. The van der Waals surface area contributed by atoms with Gasteiger partial charge >= 0.3 is 0 Å². The van der Waals surface area contributed by atoms with E-state index in [1.165, 1.54) is 0 Å². The van der Waals surface area contributed by atoms with Gasteiger partial charge < -0.3 is 0 Å². The lowest BCUT2D eigenvalue weighted by Crippen LogP contribution is -2.10. The minimum atomic E-state index is -0.0539. The van der Waals surface area contributed by atoms with Crippen molar-refractivity contribution in [3.05, 3.63) is 80.1 Å². The average molecular weight is 453 g/mol. The SMILES string of the molecule is O=C(c1cc(I)ccc1Br)c1ccnn1-c1ccccc1. The molecule has 3 aromatic rings. The molecule has 0 bridgehead atoms. The van der Waals surface area contributed by atoms with Gasteiger partial charge in [0.25, 0.3) is 0 Å². The largest absolute Gasteiger partial charge is 0.287 e. The first-order valence-corrected chi connectivity index (χ1v) is 8.13. The van der Waals surface area contributed by atoms with Gasteiger partial charge in [-0.1, -0.05) is 34.1 Å². The van der Waals surface area contributed by atoms with Crippen LogP contribution in [0.1, 0.15) is 16.1 Å². The normalized spacial score (nSPS) is 10.6. The molecule has 0 saturated carbocycles. The van der Waals surface area contributed by atoms with Gasteiger partial charge in [-0.05, 0) is 59.0 Å². The van der Waals surface area contributed by atoms with Crippen LogP contribution in [0, 0.1) is 3.57 Å². The summed E-state index contributed by atoms with van der Waals surface area (Å²) in [6, 6.07) is 17.1. The smallest absolute Gasteiger partial charge is 0.212 e. The van der Waals surface area contributed by atoms with E-state index >= 15 is 0 Å². The lowest BCUT2D eigenvalue weighted by molar-refractivity contribution is 0.103. The van der Waals surface area contributed by atoms with E-state index in [0.29, 0.717) is 11.3 Å². The van der Waals surface area contributed by atoms with Crippen molar-refractivity contribution in [1.82, 2.24) is 9.78 Å². The van der Waals surface area contributed by atoms with Crippen LogP contribution in [-0.4, -0.2) is 15.6 Å². The third-order valence-corrected chi connectivity index (χ3v) is 4.41. The van der Waals surface area contributed by atoms with E-state index in [1.54, 1.807) is 16.9 Å². The summed E-state index contributed by atoms with van der Waals surface area (Å²) in [5, 5.41) is 4.26. The molecule has 104 valence electrons. The molecule has 0 amide bonds. The molecular weight excluding hydrogens is 443 g/mol. The molecule has 3 nitrogen and oxygen atoms in total. The molecular formula is C16H10BrIN2O. The van der Waals surface area contributed by atoms with Crippen LogP contribution in [0.15, 0.2) is 65.3 Å². The van der Waals surface area contributed by atoms with Crippen molar-refractivity contribution in [2.45, 2.75) is 0 Å². The first kappa shape index (κ1) is 14.5. The molecule has 0 radical (unpaired) electrons. The summed E-state index contributed by atoms with van der Waals surface area (Å²) in [4.78, 5) is 12.8. The van der Waals surface area contributed by atoms with E-state index in [2.05, 4.69) is 43.6 Å². The van der Waals surface area contributed by atoms with Gasteiger partial charge in [0.05, 0.1) is 11.9 Å². The van der Waals surface area contributed by atoms with Gasteiger partial charge in [-0.15, -0.1) is 0 Å². The predicted molar refractivity (Wildman–Crippen MR) is 93.9 cm³/mol. The molecule has 0 aliphatic rings. The van der Waals surface area contributed by atoms with Gasteiger partial charge in [-0.2, -0.15) is 5.10 Å². The van der Waals surface area contributed by atoms with Crippen molar-refractivity contribution in [3.8, 4) is 5.69 Å². The Morgan fingerprint density at radius 3 is 2.62 bits per heavy atom. The van der Waals surface area contributed by atoms with Crippen LogP contribution in [0.5, 0.6) is 0 Å². The van der Waals surface area contributed by atoms with Crippen LogP contribution in [-0.2, 0) is 0 Å². The minimum absolute atomic E-state index is 0.0539. The molecule has 0 unspecified atom stereocenters. The Hall–Kier alpha value is -1.47. The van der Waals surface area contributed by atoms with E-state index < -0.39 is 0 Å². The molecule has 0 aliphatic heterocycles. The summed E-state index contributed by atoms with van der Waals surface area (Å²) >= 11 is 5.64. The highest BCUT2D eigenvalue weighted by molar-refractivity contribution is 14.1. The lowest BCUT2D eigenvalue weighted by Gasteiger charge is -2.08. The molecule has 3 rings (SSSR count). The van der Waals surface area contributed by atoms with Crippen molar-refractivity contribution in [2.24, 2.45) is 0 Å². The second kappa shape index (κ2) is 6.11. The standard InChI is InChI=1S/C16H10BrIN2O/c17-14-7-6-11(18)10-13(14)16(21)15-8-9-19-20(15)12-4-2-1-3-5-12/h1-10H. The zero-order chi connectivity index (χ0) is 14.8. The van der Waals surface area contributed by atoms with Gasteiger partial charge in [0.1, 0.15) is 5.69 Å². The quantitative estimate of drug-likeness (QED) is 0.434. The molecule has 2 aromatic carbocycles. The summed E-state index contributed by atoms with van der Waals surface area (Å²) in [5.41, 5.74) is 2.05. The predicted octanol–water partition coefficient (Wildman–Crippen LogP) is 4.47. The molecule has 0 N–H and O–H groups in total. The van der Waals surface area contributed by atoms with Gasteiger partial charge in [0.15, 0.2) is 0 Å². The van der Waals surface area contributed by atoms with Crippen molar-refractivity contribution in [2.75, 3.05) is 0 Å². The fraction of sp³-hybridized carbons (Fsp3) is 0. The number of aromatic nitrogens is 2. The molecule has 5 heteroatoms. The van der Waals surface area contributed by atoms with Crippen LogP contribution >= 0.6 is 38.5 Å². The van der Waals surface area contributed by atoms with Crippen molar-refractivity contribution >= 4 is 44.3 Å². The minimum Gasteiger partial charge on any atom is -0.287 e. The van der Waals surface area contributed by atoms with Gasteiger partial charge in [-0.3, -0.25) is 4.79 Å². The molecule has 0 spiro atoms. The number of ketones is 1. The highest BCUT2D eigenvalue weighted by atomic mass is 127. The number of halogens is 2. The number of hydrogen-bond donors (Lipinski definition) is 0.